The van der Waals surface area contributed by atoms with Gasteiger partial charge in [0.05, 0.1) is 0 Å². The fourth-order valence-electron chi connectivity index (χ4n) is 0.605. The quantitative estimate of drug-likeness (QED) is 0.642. The maximum atomic E-state index is 10.9. The minimum absolute atomic E-state index is 0.330. The van der Waals surface area contributed by atoms with Gasteiger partial charge in [-0.25, -0.2) is 0 Å². The first kappa shape index (κ1) is 11.2. The molecule has 0 spiro atoms. The second-order valence-corrected chi connectivity index (χ2v) is 5.13. The molecule has 4 nitrogen and oxygen atoms in total. The Bertz CT molecular complexity index is 177. The van der Waals surface area contributed by atoms with Gasteiger partial charge in [-0.3, -0.25) is 0 Å². The van der Waals surface area contributed by atoms with Crippen LogP contribution >= 0.6 is 0 Å². The van der Waals surface area contributed by atoms with Gasteiger partial charge >= 0.3 is 70.5 Å². The van der Waals surface area contributed by atoms with Gasteiger partial charge in [0.25, 0.3) is 0 Å². The summed E-state index contributed by atoms with van der Waals surface area (Å²) in [7, 11) is 0. The van der Waals surface area contributed by atoms with Gasteiger partial charge in [-0.1, -0.05) is 0 Å². The summed E-state index contributed by atoms with van der Waals surface area (Å²) in [5, 5.41) is 0. The van der Waals surface area contributed by atoms with Crippen molar-refractivity contribution in [2.24, 2.45) is 0 Å². The summed E-state index contributed by atoms with van der Waals surface area (Å²) < 4.78 is 31.0. The molecule has 0 aromatic rings. The van der Waals surface area contributed by atoms with Gasteiger partial charge in [-0.15, -0.1) is 0 Å². The monoisotopic (exact) mass is 198 g/mol. The summed E-state index contributed by atoms with van der Waals surface area (Å²) in [6, 6.07) is 0. The van der Waals surface area contributed by atoms with Crippen LogP contribution in [-0.4, -0.2) is 12.2 Å². The van der Waals surface area contributed by atoms with Gasteiger partial charge in [0.2, 0.25) is 0 Å². The Kier molecular flexibility index (Phi) is 4.40. The van der Waals surface area contributed by atoms with E-state index in [1.165, 1.54) is 0 Å². The molecule has 0 atom stereocenters. The summed E-state index contributed by atoms with van der Waals surface area (Å²) in [6.07, 6.45) is -0.660. The van der Waals surface area contributed by atoms with E-state index in [4.69, 9.17) is 0 Å². The molecule has 0 aliphatic rings. The summed E-state index contributed by atoms with van der Waals surface area (Å²) in [5.74, 6) is 0. The molecule has 0 fully saturated rings. The third-order valence-electron chi connectivity index (χ3n) is 0.760. The summed E-state index contributed by atoms with van der Waals surface area (Å²) >= 11 is -4.81. The van der Waals surface area contributed by atoms with Crippen LogP contribution in [0.25, 0.3) is 0 Å². The number of hydrogen-bond acceptors (Lipinski definition) is 4. The Labute approximate surface area is 70.8 Å². The predicted molar refractivity (Wildman–Crippen MR) is 33.8 cm³/mol. The summed E-state index contributed by atoms with van der Waals surface area (Å²) in [6.45, 7) is 6.61. The summed E-state index contributed by atoms with van der Waals surface area (Å²) in [5.41, 5.74) is 0. The molecule has 0 aliphatic carbocycles. The van der Waals surface area contributed by atoms with Crippen LogP contribution in [0.3, 0.4) is 0 Å². The second-order valence-electron chi connectivity index (χ2n) is 2.83. The molecule has 0 saturated carbocycles. The molecular formula is C6H14O4Ti. The van der Waals surface area contributed by atoms with Crippen molar-refractivity contribution >= 4 is 0 Å². The van der Waals surface area contributed by atoms with Crippen molar-refractivity contribution < 1.29 is 30.6 Å². The zero-order chi connectivity index (χ0) is 9.07. The fourth-order valence-corrected chi connectivity index (χ4v) is 2.50. The van der Waals surface area contributed by atoms with Gasteiger partial charge in [-0.2, -0.15) is 0 Å². The molecule has 11 heavy (non-hydrogen) atoms. The third kappa shape index (κ3) is 6.63. The molecular weight excluding hydrogens is 184 g/mol. The standard InChI is InChI=1S/2C3H7O.2O.Ti/c2*1-3(2)4;;;/h2*3H,1-2H3;;;/q2*-1;;;+2. The van der Waals surface area contributed by atoms with E-state index in [1.54, 1.807) is 27.7 Å². The fraction of sp³-hybridized carbons (Fsp3) is 1.00. The van der Waals surface area contributed by atoms with Crippen molar-refractivity contribution in [3.05, 3.63) is 0 Å². The van der Waals surface area contributed by atoms with Crippen molar-refractivity contribution in [3.63, 3.8) is 0 Å². The molecule has 0 saturated heterocycles. The van der Waals surface area contributed by atoms with E-state index in [2.05, 4.69) is 6.64 Å². The predicted octanol–water partition coefficient (Wildman–Crippen LogP) is 1.51. The minimum atomic E-state index is -4.81. The Morgan fingerprint density at radius 1 is 0.909 bits per heavy atom. The topological polar surface area (TPSA) is 52.6 Å². The van der Waals surface area contributed by atoms with Crippen LogP contribution in [0.15, 0.2) is 0 Å². The molecule has 0 N–H and O–H groups in total. The molecule has 0 heterocycles. The maximum absolute atomic E-state index is 10.9. The van der Waals surface area contributed by atoms with Crippen LogP contribution in [0.2, 0.25) is 0 Å². The van der Waals surface area contributed by atoms with E-state index < -0.39 is 17.3 Å². The van der Waals surface area contributed by atoms with Crippen LogP contribution in [0.4, 0.5) is 0 Å². The van der Waals surface area contributed by atoms with Crippen LogP contribution in [-0.2, 0) is 30.6 Å². The van der Waals surface area contributed by atoms with Crippen LogP contribution in [0, 0.1) is 0 Å². The molecule has 66 valence electrons. The summed E-state index contributed by atoms with van der Waals surface area (Å²) in [4.78, 5) is 0. The zero-order valence-corrected chi connectivity index (χ0v) is 8.85. The van der Waals surface area contributed by atoms with E-state index in [1.807, 2.05) is 0 Å². The SMILES string of the molecule is CC(C)[O][Ti](=[O])(=[O])[O]C(C)C. The molecule has 0 aromatic heterocycles. The Hall–Kier alpha value is 0.234. The first-order valence-electron chi connectivity index (χ1n) is 3.60. The first-order valence-corrected chi connectivity index (χ1v) is 6.15. The van der Waals surface area contributed by atoms with Crippen molar-refractivity contribution in [1.29, 1.82) is 0 Å². The van der Waals surface area contributed by atoms with Gasteiger partial charge in [0, 0.05) is 0 Å². The molecule has 5 heteroatoms. The van der Waals surface area contributed by atoms with Gasteiger partial charge in [0.15, 0.2) is 0 Å². The van der Waals surface area contributed by atoms with Gasteiger partial charge in [0.1, 0.15) is 0 Å². The zero-order valence-electron chi connectivity index (χ0n) is 7.29. The van der Waals surface area contributed by atoms with Crippen molar-refractivity contribution in [2.75, 3.05) is 0 Å². The average Bonchev–Trinajstić information content (AvgIpc) is 1.53. The molecule has 0 aliphatic heterocycles. The molecule has 0 amide bonds. The van der Waals surface area contributed by atoms with Crippen molar-refractivity contribution in [1.82, 2.24) is 0 Å². The van der Waals surface area contributed by atoms with E-state index in [0.29, 0.717) is 0 Å². The molecule has 0 radical (unpaired) electrons. The Balaban J connectivity index is 4.03. The van der Waals surface area contributed by atoms with Crippen molar-refractivity contribution in [3.8, 4) is 0 Å². The van der Waals surface area contributed by atoms with E-state index in [9.17, 15) is 6.65 Å². The normalized spacial score (nSPS) is 11.5. The van der Waals surface area contributed by atoms with E-state index in [0.717, 1.165) is 0 Å². The number of hydrogen-bond donors (Lipinski definition) is 0. The van der Waals surface area contributed by atoms with Crippen molar-refractivity contribution in [2.45, 2.75) is 39.9 Å². The van der Waals surface area contributed by atoms with Crippen LogP contribution < -0.4 is 0 Å². The van der Waals surface area contributed by atoms with Crippen LogP contribution in [0.1, 0.15) is 27.7 Å². The first-order chi connectivity index (χ1) is 4.83. The molecule has 0 bridgehead atoms. The van der Waals surface area contributed by atoms with E-state index in [-0.39, 0.29) is 12.2 Å². The number of rotatable bonds is 4. The van der Waals surface area contributed by atoms with E-state index >= 15 is 0 Å². The Morgan fingerprint density at radius 3 is 1.36 bits per heavy atom. The molecule has 0 aromatic carbocycles. The van der Waals surface area contributed by atoms with Gasteiger partial charge in [-0.05, 0) is 0 Å². The molecule has 0 unspecified atom stereocenters. The Morgan fingerprint density at radius 2 is 1.18 bits per heavy atom. The van der Waals surface area contributed by atoms with Gasteiger partial charge < -0.3 is 0 Å². The second kappa shape index (κ2) is 4.31. The average molecular weight is 198 g/mol. The van der Waals surface area contributed by atoms with Crippen LogP contribution in [0.5, 0.6) is 0 Å². The third-order valence-corrected chi connectivity index (χ3v) is 3.13. The molecule has 0 rings (SSSR count).